The number of rotatable bonds is 6. The molecule has 0 aliphatic rings. The van der Waals surface area contributed by atoms with Crippen molar-refractivity contribution in [3.05, 3.63) is 112 Å². The first-order valence-electron chi connectivity index (χ1n) is 10.5. The van der Waals surface area contributed by atoms with Gasteiger partial charge in [0.2, 0.25) is 5.89 Å². The molecule has 0 radical (unpaired) electrons. The first-order chi connectivity index (χ1) is 16.5. The summed E-state index contributed by atoms with van der Waals surface area (Å²) in [5.41, 5.74) is 4.01. The summed E-state index contributed by atoms with van der Waals surface area (Å²) in [6, 6.07) is 27.5. The number of nitrogens with one attached hydrogen (secondary N) is 1. The van der Waals surface area contributed by atoms with Gasteiger partial charge in [0.1, 0.15) is 17.9 Å². The second kappa shape index (κ2) is 9.59. The normalized spacial score (nSPS) is 10.9. The van der Waals surface area contributed by atoms with Crippen LogP contribution in [0.15, 0.2) is 95.4 Å². The van der Waals surface area contributed by atoms with E-state index in [0.29, 0.717) is 50.6 Å². The number of anilines is 1. The van der Waals surface area contributed by atoms with Crippen LogP contribution in [0.4, 0.5) is 5.69 Å². The van der Waals surface area contributed by atoms with E-state index in [1.54, 1.807) is 42.5 Å². The SMILES string of the molecule is O=C(Nc1ccc(-c2nc3cc(Cl)cc(Cl)c3o2)cc1)c1cccc(OCc2ccccc2)c1. The lowest BCUT2D eigenvalue weighted by Crippen LogP contribution is -2.11. The van der Waals surface area contributed by atoms with E-state index in [-0.39, 0.29) is 5.91 Å². The molecule has 1 N–H and O–H groups in total. The van der Waals surface area contributed by atoms with Gasteiger partial charge in [-0.2, -0.15) is 0 Å². The maximum absolute atomic E-state index is 12.8. The van der Waals surface area contributed by atoms with Crippen molar-refractivity contribution in [2.24, 2.45) is 0 Å². The molecule has 0 aliphatic carbocycles. The lowest BCUT2D eigenvalue weighted by atomic mass is 10.1. The standard InChI is InChI=1S/C27H18Cl2N2O3/c28-20-14-23(29)25-24(15-20)31-27(34-25)18-9-11-21(12-10-18)30-26(32)19-7-4-8-22(13-19)33-16-17-5-2-1-3-6-17/h1-15H,16H2,(H,30,32). The molecular weight excluding hydrogens is 471 g/mol. The molecule has 0 atom stereocenters. The van der Waals surface area contributed by atoms with Crippen molar-refractivity contribution < 1.29 is 13.9 Å². The number of hydrogen-bond donors (Lipinski definition) is 1. The summed E-state index contributed by atoms with van der Waals surface area (Å²) >= 11 is 12.2. The van der Waals surface area contributed by atoms with Crippen molar-refractivity contribution >= 4 is 45.9 Å². The van der Waals surface area contributed by atoms with Gasteiger partial charge < -0.3 is 14.5 Å². The average molecular weight is 489 g/mol. The Balaban J connectivity index is 1.27. The maximum Gasteiger partial charge on any atom is 0.255 e. The second-order valence-electron chi connectivity index (χ2n) is 7.59. The molecule has 0 unspecified atom stereocenters. The molecule has 0 fully saturated rings. The summed E-state index contributed by atoms with van der Waals surface area (Å²) < 4.78 is 11.6. The number of carbonyl (C=O) groups excluding carboxylic acids is 1. The van der Waals surface area contributed by atoms with Crippen LogP contribution in [0.5, 0.6) is 5.75 Å². The van der Waals surface area contributed by atoms with Crippen molar-refractivity contribution in [1.82, 2.24) is 4.98 Å². The first kappa shape index (κ1) is 22.0. The van der Waals surface area contributed by atoms with E-state index >= 15 is 0 Å². The molecule has 5 rings (SSSR count). The average Bonchev–Trinajstić information content (AvgIpc) is 3.28. The zero-order chi connectivity index (χ0) is 23.5. The molecule has 0 saturated carbocycles. The Labute approximate surface area is 205 Å². The molecule has 4 aromatic carbocycles. The number of amides is 1. The number of fused-ring (bicyclic) bond motifs is 1. The Morgan fingerprint density at radius 3 is 2.50 bits per heavy atom. The Morgan fingerprint density at radius 1 is 0.912 bits per heavy atom. The third kappa shape index (κ3) is 4.91. The van der Waals surface area contributed by atoms with E-state index in [0.717, 1.165) is 11.1 Å². The Hall–Kier alpha value is -3.80. The zero-order valence-corrected chi connectivity index (χ0v) is 19.3. The fraction of sp³-hybridized carbons (Fsp3) is 0.0370. The van der Waals surface area contributed by atoms with Crippen LogP contribution >= 0.6 is 23.2 Å². The molecule has 5 nitrogen and oxygen atoms in total. The zero-order valence-electron chi connectivity index (χ0n) is 17.8. The molecule has 0 saturated heterocycles. The van der Waals surface area contributed by atoms with Gasteiger partial charge in [-0.1, -0.05) is 59.6 Å². The molecule has 1 amide bonds. The predicted octanol–water partition coefficient (Wildman–Crippen LogP) is 7.63. The number of hydrogen-bond acceptors (Lipinski definition) is 4. The van der Waals surface area contributed by atoms with E-state index < -0.39 is 0 Å². The summed E-state index contributed by atoms with van der Waals surface area (Å²) in [5.74, 6) is 0.808. The topological polar surface area (TPSA) is 64.4 Å². The van der Waals surface area contributed by atoms with Gasteiger partial charge in [-0.05, 0) is 60.2 Å². The molecule has 0 aliphatic heterocycles. The molecule has 168 valence electrons. The second-order valence-corrected chi connectivity index (χ2v) is 8.43. The van der Waals surface area contributed by atoms with Crippen LogP contribution in [0.25, 0.3) is 22.6 Å². The molecular formula is C27H18Cl2N2O3. The van der Waals surface area contributed by atoms with Gasteiger partial charge in [-0.25, -0.2) is 4.98 Å². The van der Waals surface area contributed by atoms with Crippen LogP contribution in [-0.2, 0) is 6.61 Å². The highest BCUT2D eigenvalue weighted by Crippen LogP contribution is 2.32. The summed E-state index contributed by atoms with van der Waals surface area (Å²) in [6.07, 6.45) is 0. The lowest BCUT2D eigenvalue weighted by molar-refractivity contribution is 0.102. The summed E-state index contributed by atoms with van der Waals surface area (Å²) in [5, 5.41) is 3.79. The van der Waals surface area contributed by atoms with E-state index in [9.17, 15) is 4.79 Å². The molecule has 5 aromatic rings. The number of aromatic nitrogens is 1. The van der Waals surface area contributed by atoms with Crippen LogP contribution in [-0.4, -0.2) is 10.9 Å². The van der Waals surface area contributed by atoms with Gasteiger partial charge in [0.05, 0.1) is 5.02 Å². The number of halogens is 2. The molecule has 7 heteroatoms. The van der Waals surface area contributed by atoms with E-state index in [2.05, 4.69) is 10.3 Å². The van der Waals surface area contributed by atoms with Crippen LogP contribution in [0.3, 0.4) is 0 Å². The van der Waals surface area contributed by atoms with Gasteiger partial charge in [0, 0.05) is 21.8 Å². The summed E-state index contributed by atoms with van der Waals surface area (Å²) in [6.45, 7) is 0.431. The fourth-order valence-electron chi connectivity index (χ4n) is 3.45. The van der Waals surface area contributed by atoms with Crippen molar-refractivity contribution in [3.63, 3.8) is 0 Å². The molecule has 0 spiro atoms. The Morgan fingerprint density at radius 2 is 1.71 bits per heavy atom. The predicted molar refractivity (Wildman–Crippen MR) is 135 cm³/mol. The van der Waals surface area contributed by atoms with Crippen molar-refractivity contribution in [1.29, 1.82) is 0 Å². The highest BCUT2D eigenvalue weighted by atomic mass is 35.5. The number of carbonyl (C=O) groups is 1. The smallest absolute Gasteiger partial charge is 0.255 e. The monoisotopic (exact) mass is 488 g/mol. The third-order valence-corrected chi connectivity index (χ3v) is 5.64. The number of oxazole rings is 1. The Bertz CT molecular complexity index is 1470. The van der Waals surface area contributed by atoms with Gasteiger partial charge in [0.25, 0.3) is 5.91 Å². The molecule has 1 aromatic heterocycles. The van der Waals surface area contributed by atoms with Gasteiger partial charge in [-0.3, -0.25) is 4.79 Å². The Kier molecular flexibility index (Phi) is 6.21. The van der Waals surface area contributed by atoms with Gasteiger partial charge in [-0.15, -0.1) is 0 Å². The first-order valence-corrected chi connectivity index (χ1v) is 11.2. The summed E-state index contributed by atoms with van der Waals surface area (Å²) in [7, 11) is 0. The van der Waals surface area contributed by atoms with Crippen molar-refractivity contribution in [2.75, 3.05) is 5.32 Å². The van der Waals surface area contributed by atoms with E-state index in [1.165, 1.54) is 0 Å². The molecule has 0 bridgehead atoms. The van der Waals surface area contributed by atoms with Crippen LogP contribution in [0.2, 0.25) is 10.0 Å². The highest BCUT2D eigenvalue weighted by Gasteiger charge is 2.13. The quantitative estimate of drug-likeness (QED) is 0.266. The number of ether oxygens (including phenoxy) is 1. The molecule has 1 heterocycles. The fourth-order valence-corrected chi connectivity index (χ4v) is 3.97. The number of nitrogens with zero attached hydrogens (tertiary/aromatic N) is 1. The number of benzene rings is 4. The minimum absolute atomic E-state index is 0.235. The van der Waals surface area contributed by atoms with Crippen LogP contribution < -0.4 is 10.1 Å². The minimum Gasteiger partial charge on any atom is -0.489 e. The van der Waals surface area contributed by atoms with E-state index in [1.807, 2.05) is 48.5 Å². The van der Waals surface area contributed by atoms with Crippen LogP contribution in [0, 0.1) is 0 Å². The van der Waals surface area contributed by atoms with Crippen LogP contribution in [0.1, 0.15) is 15.9 Å². The minimum atomic E-state index is -0.235. The maximum atomic E-state index is 12.8. The highest BCUT2D eigenvalue weighted by molar-refractivity contribution is 6.38. The van der Waals surface area contributed by atoms with Crippen molar-refractivity contribution in [3.8, 4) is 17.2 Å². The van der Waals surface area contributed by atoms with E-state index in [4.69, 9.17) is 32.4 Å². The van der Waals surface area contributed by atoms with Gasteiger partial charge >= 0.3 is 0 Å². The largest absolute Gasteiger partial charge is 0.489 e. The third-order valence-electron chi connectivity index (χ3n) is 5.14. The lowest BCUT2D eigenvalue weighted by Gasteiger charge is -2.09. The molecule has 34 heavy (non-hydrogen) atoms. The summed E-state index contributed by atoms with van der Waals surface area (Å²) in [4.78, 5) is 17.2. The van der Waals surface area contributed by atoms with Gasteiger partial charge in [0.15, 0.2) is 5.58 Å². The van der Waals surface area contributed by atoms with Crippen molar-refractivity contribution in [2.45, 2.75) is 6.61 Å².